The summed E-state index contributed by atoms with van der Waals surface area (Å²) in [4.78, 5) is 11.1. The summed E-state index contributed by atoms with van der Waals surface area (Å²) < 4.78 is 1.97. The molecule has 102 valence electrons. The Hall–Kier alpha value is -1.32. The van der Waals surface area contributed by atoms with Crippen molar-refractivity contribution in [3.63, 3.8) is 0 Å². The molecule has 4 nitrogen and oxygen atoms in total. The summed E-state index contributed by atoms with van der Waals surface area (Å²) in [5, 5.41) is 13.6. The SMILES string of the molecule is CCCC(Cc1ccn(C(CC)CC)n1)C(=O)O. The zero-order chi connectivity index (χ0) is 13.5. The fourth-order valence-corrected chi connectivity index (χ4v) is 2.27. The number of hydrogen-bond acceptors (Lipinski definition) is 2. The topological polar surface area (TPSA) is 55.1 Å². The van der Waals surface area contributed by atoms with Crippen LogP contribution in [0.3, 0.4) is 0 Å². The highest BCUT2D eigenvalue weighted by Gasteiger charge is 2.18. The second-order valence-corrected chi connectivity index (χ2v) is 4.79. The van der Waals surface area contributed by atoms with Crippen LogP contribution in [-0.2, 0) is 11.2 Å². The summed E-state index contributed by atoms with van der Waals surface area (Å²) in [6.45, 7) is 6.30. The van der Waals surface area contributed by atoms with Gasteiger partial charge in [0, 0.05) is 12.6 Å². The lowest BCUT2D eigenvalue weighted by Crippen LogP contribution is -2.17. The lowest BCUT2D eigenvalue weighted by atomic mass is 9.98. The smallest absolute Gasteiger partial charge is 0.306 e. The van der Waals surface area contributed by atoms with Crippen molar-refractivity contribution >= 4 is 5.97 Å². The molecule has 1 rings (SSSR count). The van der Waals surface area contributed by atoms with E-state index >= 15 is 0 Å². The van der Waals surface area contributed by atoms with Gasteiger partial charge in [-0.15, -0.1) is 0 Å². The second-order valence-electron chi connectivity index (χ2n) is 4.79. The molecule has 0 aromatic carbocycles. The van der Waals surface area contributed by atoms with Crippen molar-refractivity contribution in [3.8, 4) is 0 Å². The monoisotopic (exact) mass is 252 g/mol. The van der Waals surface area contributed by atoms with Crippen LogP contribution >= 0.6 is 0 Å². The van der Waals surface area contributed by atoms with Gasteiger partial charge in [0.25, 0.3) is 0 Å². The minimum atomic E-state index is -0.714. The van der Waals surface area contributed by atoms with Crippen molar-refractivity contribution in [1.82, 2.24) is 9.78 Å². The molecule has 1 unspecified atom stereocenters. The van der Waals surface area contributed by atoms with Crippen LogP contribution in [0.25, 0.3) is 0 Å². The predicted octanol–water partition coefficient (Wildman–Crippen LogP) is 3.29. The van der Waals surface area contributed by atoms with Gasteiger partial charge in [-0.25, -0.2) is 0 Å². The number of rotatable bonds is 8. The van der Waals surface area contributed by atoms with E-state index in [1.165, 1.54) is 0 Å². The molecular weight excluding hydrogens is 228 g/mol. The first kappa shape index (κ1) is 14.7. The number of hydrogen-bond donors (Lipinski definition) is 1. The van der Waals surface area contributed by atoms with E-state index in [2.05, 4.69) is 18.9 Å². The van der Waals surface area contributed by atoms with Crippen LogP contribution in [0.5, 0.6) is 0 Å². The van der Waals surface area contributed by atoms with Crippen LogP contribution in [0.15, 0.2) is 12.3 Å². The highest BCUT2D eigenvalue weighted by Crippen LogP contribution is 2.17. The molecule has 0 aliphatic carbocycles. The van der Waals surface area contributed by atoms with Crippen LogP contribution < -0.4 is 0 Å². The van der Waals surface area contributed by atoms with Gasteiger partial charge in [0.05, 0.1) is 17.7 Å². The molecule has 18 heavy (non-hydrogen) atoms. The molecule has 0 saturated carbocycles. The molecule has 1 heterocycles. The van der Waals surface area contributed by atoms with Crippen molar-refractivity contribution in [2.24, 2.45) is 5.92 Å². The summed E-state index contributed by atoms with van der Waals surface area (Å²) in [5.41, 5.74) is 0.891. The molecule has 1 aromatic rings. The fourth-order valence-electron chi connectivity index (χ4n) is 2.27. The first-order chi connectivity index (χ1) is 8.62. The first-order valence-electron chi connectivity index (χ1n) is 6.89. The van der Waals surface area contributed by atoms with Gasteiger partial charge in [-0.3, -0.25) is 9.48 Å². The number of aliphatic carboxylic acids is 1. The second kappa shape index (κ2) is 7.19. The van der Waals surface area contributed by atoms with Gasteiger partial charge in [0.2, 0.25) is 0 Å². The molecular formula is C14H24N2O2. The van der Waals surface area contributed by atoms with Crippen LogP contribution in [0.4, 0.5) is 0 Å². The summed E-state index contributed by atoms with van der Waals surface area (Å²) in [6.07, 6.45) is 6.22. The average Bonchev–Trinajstić information content (AvgIpc) is 2.78. The van der Waals surface area contributed by atoms with E-state index in [4.69, 9.17) is 5.11 Å². The van der Waals surface area contributed by atoms with Crippen molar-refractivity contribution in [1.29, 1.82) is 0 Å². The van der Waals surface area contributed by atoms with Crippen molar-refractivity contribution < 1.29 is 9.90 Å². The highest BCUT2D eigenvalue weighted by molar-refractivity contribution is 5.70. The molecule has 0 aliphatic heterocycles. The van der Waals surface area contributed by atoms with E-state index in [9.17, 15) is 4.79 Å². The predicted molar refractivity (Wildman–Crippen MR) is 71.6 cm³/mol. The molecule has 0 fully saturated rings. The van der Waals surface area contributed by atoms with Crippen LogP contribution in [0, 0.1) is 5.92 Å². The Morgan fingerprint density at radius 1 is 1.39 bits per heavy atom. The minimum Gasteiger partial charge on any atom is -0.481 e. The zero-order valence-corrected chi connectivity index (χ0v) is 11.6. The van der Waals surface area contributed by atoms with Gasteiger partial charge < -0.3 is 5.11 Å². The lowest BCUT2D eigenvalue weighted by molar-refractivity contribution is -0.142. The number of carboxylic acids is 1. The first-order valence-corrected chi connectivity index (χ1v) is 6.89. The number of aromatic nitrogens is 2. The Kier molecular flexibility index (Phi) is 5.89. The normalized spacial score (nSPS) is 12.9. The Balaban J connectivity index is 2.70. The van der Waals surface area contributed by atoms with Crippen molar-refractivity contribution in [3.05, 3.63) is 18.0 Å². The van der Waals surface area contributed by atoms with E-state index in [1.54, 1.807) is 0 Å². The quantitative estimate of drug-likeness (QED) is 0.772. The molecule has 0 amide bonds. The highest BCUT2D eigenvalue weighted by atomic mass is 16.4. The molecule has 0 bridgehead atoms. The molecule has 1 atom stereocenters. The van der Waals surface area contributed by atoms with Gasteiger partial charge in [-0.1, -0.05) is 27.2 Å². The summed E-state index contributed by atoms with van der Waals surface area (Å²) in [5.74, 6) is -1.02. The maximum absolute atomic E-state index is 11.1. The van der Waals surface area contributed by atoms with Crippen molar-refractivity contribution in [2.75, 3.05) is 0 Å². The Morgan fingerprint density at radius 3 is 2.56 bits per heavy atom. The molecule has 0 spiro atoms. The number of nitrogens with zero attached hydrogens (tertiary/aromatic N) is 2. The van der Waals surface area contributed by atoms with Crippen LogP contribution in [-0.4, -0.2) is 20.9 Å². The largest absolute Gasteiger partial charge is 0.481 e. The molecule has 1 N–H and O–H groups in total. The van der Waals surface area contributed by atoms with E-state index in [0.717, 1.165) is 25.0 Å². The molecule has 0 saturated heterocycles. The third-order valence-electron chi connectivity index (χ3n) is 3.42. The van der Waals surface area contributed by atoms with Gasteiger partial charge in [0.1, 0.15) is 0 Å². The number of carbonyl (C=O) groups is 1. The maximum Gasteiger partial charge on any atom is 0.306 e. The van der Waals surface area contributed by atoms with Crippen molar-refractivity contribution in [2.45, 2.75) is 58.9 Å². The zero-order valence-electron chi connectivity index (χ0n) is 11.6. The summed E-state index contributed by atoms with van der Waals surface area (Å²) >= 11 is 0. The van der Waals surface area contributed by atoms with Gasteiger partial charge in [-0.2, -0.15) is 5.10 Å². The van der Waals surface area contributed by atoms with Gasteiger partial charge in [0.15, 0.2) is 0 Å². The maximum atomic E-state index is 11.1. The fraction of sp³-hybridized carbons (Fsp3) is 0.714. The average molecular weight is 252 g/mol. The summed E-state index contributed by atoms with van der Waals surface area (Å²) in [7, 11) is 0. The van der Waals surface area contributed by atoms with Gasteiger partial charge in [-0.05, 0) is 25.3 Å². The molecule has 4 heteroatoms. The molecule has 0 aliphatic rings. The number of carboxylic acid groups (broad SMARTS) is 1. The van der Waals surface area contributed by atoms with Gasteiger partial charge >= 0.3 is 5.97 Å². The third kappa shape index (κ3) is 3.86. The Labute approximate surface area is 109 Å². The van der Waals surface area contributed by atoms with E-state index in [-0.39, 0.29) is 5.92 Å². The van der Waals surface area contributed by atoms with E-state index < -0.39 is 5.97 Å². The van der Waals surface area contributed by atoms with Crippen LogP contribution in [0.1, 0.15) is 58.2 Å². The van der Waals surface area contributed by atoms with E-state index in [1.807, 2.05) is 23.9 Å². The Bertz CT molecular complexity index is 370. The Morgan fingerprint density at radius 2 is 2.06 bits per heavy atom. The van der Waals surface area contributed by atoms with E-state index in [0.29, 0.717) is 18.9 Å². The summed E-state index contributed by atoms with van der Waals surface area (Å²) in [6, 6.07) is 2.37. The van der Waals surface area contributed by atoms with Crippen LogP contribution in [0.2, 0.25) is 0 Å². The minimum absolute atomic E-state index is 0.306. The molecule has 1 aromatic heterocycles. The molecule has 0 radical (unpaired) electrons. The standard InChI is InChI=1S/C14H24N2O2/c1-4-7-11(14(17)18)10-12-8-9-16(15-12)13(5-2)6-3/h8-9,11,13H,4-7,10H2,1-3H3,(H,17,18). The lowest BCUT2D eigenvalue weighted by Gasteiger charge is -2.13. The third-order valence-corrected chi connectivity index (χ3v) is 3.42.